The van der Waals surface area contributed by atoms with Gasteiger partial charge in [0.2, 0.25) is 11.7 Å². The molecule has 0 aliphatic heterocycles. The molecule has 0 amide bonds. The highest BCUT2D eigenvalue weighted by Gasteiger charge is 2.09. The highest BCUT2D eigenvalue weighted by Crippen LogP contribution is 2.21. The Kier molecular flexibility index (Phi) is 5.22. The van der Waals surface area contributed by atoms with Crippen LogP contribution in [0.3, 0.4) is 0 Å². The first-order valence-electron chi connectivity index (χ1n) is 5.88. The number of nitrogens with zero attached hydrogens (tertiary/aromatic N) is 2. The van der Waals surface area contributed by atoms with Crippen molar-refractivity contribution in [3.8, 4) is 10.7 Å². The normalized spacial score (nSPS) is 12.8. The number of aliphatic hydroxyl groups is 1. The first-order chi connectivity index (χ1) is 8.79. The van der Waals surface area contributed by atoms with E-state index >= 15 is 0 Å². The maximum absolute atomic E-state index is 8.90. The highest BCUT2D eigenvalue weighted by atomic mass is 32.2. The molecule has 0 spiro atoms. The third kappa shape index (κ3) is 3.83. The number of hydrogen-bond acceptors (Lipinski definition) is 6. The highest BCUT2D eigenvalue weighted by molar-refractivity contribution is 7.99. The van der Waals surface area contributed by atoms with E-state index in [2.05, 4.69) is 10.1 Å². The van der Waals surface area contributed by atoms with Crippen LogP contribution in [-0.2, 0) is 6.42 Å². The van der Waals surface area contributed by atoms with E-state index in [1.807, 2.05) is 24.4 Å². The molecule has 18 heavy (non-hydrogen) atoms. The van der Waals surface area contributed by atoms with Gasteiger partial charge in [-0.2, -0.15) is 16.7 Å². The lowest BCUT2D eigenvalue weighted by atomic mass is 10.3. The Morgan fingerprint density at radius 3 is 3.17 bits per heavy atom. The molecule has 0 aliphatic carbocycles. The molecule has 0 bridgehead atoms. The van der Waals surface area contributed by atoms with Crippen LogP contribution in [0, 0.1) is 0 Å². The largest absolute Gasteiger partial charge is 0.395 e. The van der Waals surface area contributed by atoms with Crippen LogP contribution in [0.5, 0.6) is 0 Å². The molecule has 0 aliphatic rings. The van der Waals surface area contributed by atoms with Crippen LogP contribution in [-0.4, -0.2) is 32.9 Å². The summed E-state index contributed by atoms with van der Waals surface area (Å²) in [6.07, 6.45) is 1.78. The molecule has 2 heterocycles. The van der Waals surface area contributed by atoms with Gasteiger partial charge in [0.25, 0.3) is 0 Å². The molecule has 4 nitrogen and oxygen atoms in total. The zero-order valence-electron chi connectivity index (χ0n) is 10.2. The first-order valence-corrected chi connectivity index (χ1v) is 7.81. The summed E-state index contributed by atoms with van der Waals surface area (Å²) in [6.45, 7) is 2.25. The van der Waals surface area contributed by atoms with Crippen LogP contribution in [0.1, 0.15) is 19.2 Å². The van der Waals surface area contributed by atoms with Gasteiger partial charge in [-0.15, -0.1) is 11.3 Å². The molecule has 0 radical (unpaired) electrons. The topological polar surface area (TPSA) is 59.2 Å². The van der Waals surface area contributed by atoms with Crippen LogP contribution in [0.25, 0.3) is 10.7 Å². The Balaban J connectivity index is 1.77. The third-order valence-electron chi connectivity index (χ3n) is 2.40. The van der Waals surface area contributed by atoms with Gasteiger partial charge >= 0.3 is 0 Å². The van der Waals surface area contributed by atoms with Crippen molar-refractivity contribution in [2.45, 2.75) is 25.0 Å². The summed E-state index contributed by atoms with van der Waals surface area (Å²) in [7, 11) is 0. The van der Waals surface area contributed by atoms with Crippen molar-refractivity contribution in [1.82, 2.24) is 10.1 Å². The maximum atomic E-state index is 8.90. The second-order valence-electron chi connectivity index (χ2n) is 3.96. The summed E-state index contributed by atoms with van der Waals surface area (Å²) in [5, 5.41) is 15.2. The van der Waals surface area contributed by atoms with Gasteiger partial charge in [-0.25, -0.2) is 0 Å². The predicted octanol–water partition coefficient (Wildman–Crippen LogP) is 2.84. The van der Waals surface area contributed by atoms with Crippen LogP contribution in [0.4, 0.5) is 0 Å². The Morgan fingerprint density at radius 2 is 2.44 bits per heavy atom. The maximum Gasteiger partial charge on any atom is 0.227 e. The molecule has 0 saturated carbocycles. The SMILES string of the molecule is CC(CO)SCCCc1nc(-c2cccs2)no1. The van der Waals surface area contributed by atoms with Crippen molar-refractivity contribution in [1.29, 1.82) is 0 Å². The second kappa shape index (κ2) is 6.92. The van der Waals surface area contributed by atoms with Gasteiger partial charge in [0.15, 0.2) is 0 Å². The molecule has 2 aromatic heterocycles. The summed E-state index contributed by atoms with van der Waals surface area (Å²) < 4.78 is 5.21. The predicted molar refractivity (Wildman–Crippen MR) is 74.9 cm³/mol. The number of aromatic nitrogens is 2. The average Bonchev–Trinajstić information content (AvgIpc) is 3.04. The summed E-state index contributed by atoms with van der Waals surface area (Å²) >= 11 is 3.37. The van der Waals surface area contributed by atoms with E-state index in [0.717, 1.165) is 23.5 Å². The minimum absolute atomic E-state index is 0.230. The number of thiophene rings is 1. The summed E-state index contributed by atoms with van der Waals surface area (Å²) in [5.74, 6) is 2.37. The van der Waals surface area contributed by atoms with E-state index < -0.39 is 0 Å². The fourth-order valence-corrected chi connectivity index (χ4v) is 2.89. The second-order valence-corrected chi connectivity index (χ2v) is 6.45. The molecule has 98 valence electrons. The number of hydrogen-bond donors (Lipinski definition) is 1. The standard InChI is InChI=1S/C12H16N2O2S2/c1-9(8-15)17-6-3-5-11-13-12(14-16-11)10-4-2-7-18-10/h2,4,7,9,15H,3,5-6,8H2,1H3. The number of aryl methyl sites for hydroxylation is 1. The molecular formula is C12H16N2O2S2. The Bertz CT molecular complexity index is 456. The summed E-state index contributed by atoms with van der Waals surface area (Å²) in [5.41, 5.74) is 0. The van der Waals surface area contributed by atoms with Gasteiger partial charge < -0.3 is 9.63 Å². The van der Waals surface area contributed by atoms with Gasteiger partial charge in [0, 0.05) is 11.7 Å². The van der Waals surface area contributed by atoms with Gasteiger partial charge in [-0.05, 0) is 23.6 Å². The number of rotatable bonds is 7. The number of thioether (sulfide) groups is 1. The van der Waals surface area contributed by atoms with E-state index in [1.54, 1.807) is 23.1 Å². The average molecular weight is 284 g/mol. The van der Waals surface area contributed by atoms with E-state index in [4.69, 9.17) is 9.63 Å². The molecule has 2 aromatic rings. The minimum atomic E-state index is 0.230. The quantitative estimate of drug-likeness (QED) is 0.792. The molecule has 0 aromatic carbocycles. The van der Waals surface area contributed by atoms with Crippen molar-refractivity contribution in [3.63, 3.8) is 0 Å². The van der Waals surface area contributed by atoms with Crippen molar-refractivity contribution in [2.75, 3.05) is 12.4 Å². The lowest BCUT2D eigenvalue weighted by Crippen LogP contribution is -2.03. The summed E-state index contributed by atoms with van der Waals surface area (Å²) in [6, 6.07) is 3.96. The van der Waals surface area contributed by atoms with Crippen LogP contribution < -0.4 is 0 Å². The lowest BCUT2D eigenvalue weighted by Gasteiger charge is -2.05. The van der Waals surface area contributed by atoms with Gasteiger partial charge in [-0.3, -0.25) is 0 Å². The van der Waals surface area contributed by atoms with Crippen molar-refractivity contribution in [2.24, 2.45) is 0 Å². The van der Waals surface area contributed by atoms with Crippen molar-refractivity contribution < 1.29 is 9.63 Å². The smallest absolute Gasteiger partial charge is 0.227 e. The molecule has 0 saturated heterocycles. The molecule has 2 rings (SSSR count). The molecule has 1 N–H and O–H groups in total. The van der Waals surface area contributed by atoms with Crippen molar-refractivity contribution >= 4 is 23.1 Å². The third-order valence-corrected chi connectivity index (χ3v) is 4.51. The fourth-order valence-electron chi connectivity index (χ4n) is 1.42. The fraction of sp³-hybridized carbons (Fsp3) is 0.500. The zero-order valence-corrected chi connectivity index (χ0v) is 11.8. The molecule has 1 unspecified atom stereocenters. The Morgan fingerprint density at radius 1 is 1.56 bits per heavy atom. The molecule has 1 atom stereocenters. The van der Waals surface area contributed by atoms with Gasteiger partial charge in [-0.1, -0.05) is 18.1 Å². The minimum Gasteiger partial charge on any atom is -0.395 e. The number of aliphatic hydroxyl groups excluding tert-OH is 1. The van der Waals surface area contributed by atoms with Gasteiger partial charge in [0.1, 0.15) is 0 Å². The molecule has 0 fully saturated rings. The first kappa shape index (κ1) is 13.6. The summed E-state index contributed by atoms with van der Waals surface area (Å²) in [4.78, 5) is 5.40. The van der Waals surface area contributed by atoms with Crippen LogP contribution in [0.2, 0.25) is 0 Å². The molecular weight excluding hydrogens is 268 g/mol. The van der Waals surface area contributed by atoms with Crippen LogP contribution in [0.15, 0.2) is 22.0 Å². The van der Waals surface area contributed by atoms with E-state index in [9.17, 15) is 0 Å². The zero-order chi connectivity index (χ0) is 12.8. The van der Waals surface area contributed by atoms with Crippen molar-refractivity contribution in [3.05, 3.63) is 23.4 Å². The van der Waals surface area contributed by atoms with E-state index in [1.165, 1.54) is 0 Å². The van der Waals surface area contributed by atoms with E-state index in [-0.39, 0.29) is 6.61 Å². The van der Waals surface area contributed by atoms with Crippen LogP contribution >= 0.6 is 23.1 Å². The Hall–Kier alpha value is -0.850. The Labute approximate surface area is 114 Å². The lowest BCUT2D eigenvalue weighted by molar-refractivity contribution is 0.300. The molecule has 6 heteroatoms. The van der Waals surface area contributed by atoms with Gasteiger partial charge in [0.05, 0.1) is 11.5 Å². The van der Waals surface area contributed by atoms with E-state index in [0.29, 0.717) is 17.0 Å². The monoisotopic (exact) mass is 284 g/mol.